The average Bonchev–Trinajstić information content (AvgIpc) is 2.66. The molecular formula is C22H20O4. The van der Waals surface area contributed by atoms with E-state index in [-0.39, 0.29) is 17.4 Å². The fraction of sp³-hybridized carbons (Fsp3) is 0.136. The number of ether oxygens (including phenoxy) is 1. The van der Waals surface area contributed by atoms with Crippen LogP contribution in [0.15, 0.2) is 78.9 Å². The second kappa shape index (κ2) is 8.32. The minimum Gasteiger partial charge on any atom is -0.507 e. The second-order valence-corrected chi connectivity index (χ2v) is 6.06. The standard InChI is InChI=1S/C22H20O4/c23-20-13-17(11-12-19(20)22(24)25)14-21(18-9-5-2-6-10-18)26-15-16-7-3-1-4-8-16/h1-13,21,23H,14-15H2,(H,24,25). The van der Waals surface area contributed by atoms with Gasteiger partial charge in [0.05, 0.1) is 12.7 Å². The molecule has 0 amide bonds. The van der Waals surface area contributed by atoms with Crippen molar-refractivity contribution in [3.63, 3.8) is 0 Å². The first kappa shape index (κ1) is 17.7. The maximum absolute atomic E-state index is 11.1. The third-order valence-corrected chi connectivity index (χ3v) is 4.18. The van der Waals surface area contributed by atoms with Crippen LogP contribution in [0.4, 0.5) is 0 Å². The predicted octanol–water partition coefficient (Wildman–Crippen LogP) is 4.59. The van der Waals surface area contributed by atoms with Crippen molar-refractivity contribution in [2.75, 3.05) is 0 Å². The summed E-state index contributed by atoms with van der Waals surface area (Å²) in [5.41, 5.74) is 2.83. The van der Waals surface area contributed by atoms with Crippen molar-refractivity contribution >= 4 is 5.97 Å². The highest BCUT2D eigenvalue weighted by atomic mass is 16.5. The fourth-order valence-corrected chi connectivity index (χ4v) is 2.81. The Hall–Kier alpha value is -3.11. The summed E-state index contributed by atoms with van der Waals surface area (Å²) in [6.07, 6.45) is 0.330. The minimum absolute atomic E-state index is 0.102. The molecule has 26 heavy (non-hydrogen) atoms. The van der Waals surface area contributed by atoms with Gasteiger partial charge in [0, 0.05) is 6.42 Å². The van der Waals surface area contributed by atoms with Gasteiger partial charge in [-0.1, -0.05) is 66.7 Å². The lowest BCUT2D eigenvalue weighted by Gasteiger charge is -2.19. The zero-order chi connectivity index (χ0) is 18.4. The lowest BCUT2D eigenvalue weighted by Crippen LogP contribution is -2.08. The number of rotatable bonds is 7. The van der Waals surface area contributed by atoms with Crippen molar-refractivity contribution in [3.8, 4) is 5.75 Å². The van der Waals surface area contributed by atoms with Gasteiger partial charge in [0.1, 0.15) is 11.3 Å². The van der Waals surface area contributed by atoms with E-state index in [2.05, 4.69) is 0 Å². The van der Waals surface area contributed by atoms with Gasteiger partial charge in [-0.2, -0.15) is 0 Å². The van der Waals surface area contributed by atoms with E-state index in [4.69, 9.17) is 9.84 Å². The fourth-order valence-electron chi connectivity index (χ4n) is 2.81. The summed E-state index contributed by atoms with van der Waals surface area (Å²) in [6, 6.07) is 24.4. The number of carbonyl (C=O) groups is 1. The number of phenols is 1. The van der Waals surface area contributed by atoms with Crippen LogP contribution in [0, 0.1) is 0 Å². The first-order valence-electron chi connectivity index (χ1n) is 8.39. The number of carboxylic acids is 1. The van der Waals surface area contributed by atoms with Crippen LogP contribution in [0.1, 0.15) is 33.2 Å². The van der Waals surface area contributed by atoms with E-state index in [0.29, 0.717) is 13.0 Å². The molecule has 0 aliphatic carbocycles. The average molecular weight is 348 g/mol. The van der Waals surface area contributed by atoms with Gasteiger partial charge in [0.2, 0.25) is 0 Å². The van der Waals surface area contributed by atoms with Gasteiger partial charge in [-0.25, -0.2) is 4.79 Å². The molecule has 0 bridgehead atoms. The Labute approximate surface area is 152 Å². The summed E-state index contributed by atoms with van der Waals surface area (Å²) < 4.78 is 6.14. The molecule has 0 aliphatic rings. The molecule has 1 unspecified atom stereocenters. The first-order chi connectivity index (χ1) is 12.6. The smallest absolute Gasteiger partial charge is 0.339 e. The van der Waals surface area contributed by atoms with Crippen molar-refractivity contribution in [2.24, 2.45) is 0 Å². The lowest BCUT2D eigenvalue weighted by molar-refractivity contribution is 0.0399. The number of carboxylic acid groups (broad SMARTS) is 1. The molecule has 0 fully saturated rings. The van der Waals surface area contributed by atoms with Crippen LogP contribution in [0.3, 0.4) is 0 Å². The highest BCUT2D eigenvalue weighted by molar-refractivity contribution is 5.90. The molecule has 3 aromatic rings. The zero-order valence-electron chi connectivity index (χ0n) is 14.2. The molecule has 3 aromatic carbocycles. The summed E-state index contributed by atoms with van der Waals surface area (Å²) in [7, 11) is 0. The lowest BCUT2D eigenvalue weighted by atomic mass is 9.99. The minimum atomic E-state index is -1.14. The van der Waals surface area contributed by atoms with E-state index in [1.807, 2.05) is 60.7 Å². The largest absolute Gasteiger partial charge is 0.507 e. The monoisotopic (exact) mass is 348 g/mol. The molecule has 2 N–H and O–H groups in total. The number of benzene rings is 3. The summed E-state index contributed by atoms with van der Waals surface area (Å²) in [5.74, 6) is -1.38. The normalized spacial score (nSPS) is 11.8. The number of aromatic hydroxyl groups is 1. The van der Waals surface area contributed by atoms with Crippen LogP contribution < -0.4 is 0 Å². The van der Waals surface area contributed by atoms with Gasteiger partial charge in [0.25, 0.3) is 0 Å². The third kappa shape index (κ3) is 4.49. The van der Waals surface area contributed by atoms with E-state index in [9.17, 15) is 9.90 Å². The molecule has 0 spiro atoms. The Morgan fingerprint density at radius 1 is 0.885 bits per heavy atom. The van der Waals surface area contributed by atoms with Crippen LogP contribution >= 0.6 is 0 Å². The Balaban J connectivity index is 1.79. The summed E-state index contributed by atoms with van der Waals surface area (Å²) >= 11 is 0. The van der Waals surface area contributed by atoms with Crippen molar-refractivity contribution in [2.45, 2.75) is 19.1 Å². The zero-order valence-corrected chi connectivity index (χ0v) is 14.2. The summed E-state index contributed by atoms with van der Waals surface area (Å²) in [4.78, 5) is 11.1. The van der Waals surface area contributed by atoms with Gasteiger partial charge < -0.3 is 14.9 Å². The Bertz CT molecular complexity index is 860. The molecule has 1 atom stereocenters. The second-order valence-electron chi connectivity index (χ2n) is 6.06. The Morgan fingerprint density at radius 3 is 2.15 bits per heavy atom. The number of aromatic carboxylic acids is 1. The highest BCUT2D eigenvalue weighted by Crippen LogP contribution is 2.27. The molecule has 3 rings (SSSR count). The van der Waals surface area contributed by atoms with E-state index in [1.54, 1.807) is 6.07 Å². The molecule has 132 valence electrons. The maximum Gasteiger partial charge on any atom is 0.339 e. The predicted molar refractivity (Wildman–Crippen MR) is 99.2 cm³/mol. The van der Waals surface area contributed by atoms with Gasteiger partial charge in [-0.3, -0.25) is 0 Å². The van der Waals surface area contributed by atoms with E-state index in [1.165, 1.54) is 12.1 Å². The van der Waals surface area contributed by atoms with Crippen LogP contribution in [0.5, 0.6) is 5.75 Å². The molecule has 0 aromatic heterocycles. The molecule has 4 nitrogen and oxygen atoms in total. The molecule has 0 aliphatic heterocycles. The van der Waals surface area contributed by atoms with E-state index in [0.717, 1.165) is 16.7 Å². The van der Waals surface area contributed by atoms with Crippen LogP contribution in [-0.2, 0) is 17.8 Å². The summed E-state index contributed by atoms with van der Waals surface area (Å²) in [6.45, 7) is 0.472. The number of hydrogen-bond donors (Lipinski definition) is 2. The van der Waals surface area contributed by atoms with Crippen molar-refractivity contribution < 1.29 is 19.7 Å². The van der Waals surface area contributed by atoms with Crippen LogP contribution in [0.2, 0.25) is 0 Å². The molecule has 4 heteroatoms. The number of hydrogen-bond acceptors (Lipinski definition) is 3. The maximum atomic E-state index is 11.1. The first-order valence-corrected chi connectivity index (χ1v) is 8.39. The van der Waals surface area contributed by atoms with Crippen molar-refractivity contribution in [1.82, 2.24) is 0 Å². The van der Waals surface area contributed by atoms with E-state index < -0.39 is 5.97 Å². The summed E-state index contributed by atoms with van der Waals surface area (Å²) in [5, 5.41) is 19.0. The van der Waals surface area contributed by atoms with Crippen LogP contribution in [0.25, 0.3) is 0 Å². The molecule has 0 heterocycles. The van der Waals surface area contributed by atoms with Gasteiger partial charge in [0.15, 0.2) is 0 Å². The molecule has 0 saturated heterocycles. The SMILES string of the molecule is O=C(O)c1ccc(CC(OCc2ccccc2)c2ccccc2)cc1O. The Kier molecular flexibility index (Phi) is 5.66. The molecular weight excluding hydrogens is 328 g/mol. The molecule has 0 radical (unpaired) electrons. The van der Waals surface area contributed by atoms with E-state index >= 15 is 0 Å². The van der Waals surface area contributed by atoms with Crippen LogP contribution in [-0.4, -0.2) is 16.2 Å². The van der Waals surface area contributed by atoms with Crippen molar-refractivity contribution in [3.05, 3.63) is 101 Å². The van der Waals surface area contributed by atoms with Crippen molar-refractivity contribution in [1.29, 1.82) is 0 Å². The van der Waals surface area contributed by atoms with Gasteiger partial charge in [-0.05, 0) is 28.8 Å². The topological polar surface area (TPSA) is 66.8 Å². The molecule has 0 saturated carbocycles. The van der Waals surface area contributed by atoms with Gasteiger partial charge in [-0.15, -0.1) is 0 Å². The third-order valence-electron chi connectivity index (χ3n) is 4.18. The Morgan fingerprint density at radius 2 is 1.54 bits per heavy atom. The van der Waals surface area contributed by atoms with Gasteiger partial charge >= 0.3 is 5.97 Å². The highest BCUT2D eigenvalue weighted by Gasteiger charge is 2.16. The quantitative estimate of drug-likeness (QED) is 0.655.